The lowest BCUT2D eigenvalue weighted by Gasteiger charge is -2.15. The number of hydrogen-bond donors (Lipinski definition) is 2. The highest BCUT2D eigenvalue weighted by Crippen LogP contribution is 2.11. The molecule has 0 saturated heterocycles. The van der Waals surface area contributed by atoms with Gasteiger partial charge in [-0.25, -0.2) is 0 Å². The van der Waals surface area contributed by atoms with Crippen molar-refractivity contribution in [1.29, 1.82) is 0 Å². The minimum absolute atomic E-state index is 0.118. The molecule has 2 aromatic rings. The average Bonchev–Trinajstić information content (AvgIpc) is 2.89. The van der Waals surface area contributed by atoms with Crippen LogP contribution >= 0.6 is 0 Å². The Labute approximate surface area is 122 Å². The van der Waals surface area contributed by atoms with Crippen molar-refractivity contribution in [3.63, 3.8) is 0 Å². The lowest BCUT2D eigenvalue weighted by Crippen LogP contribution is -2.33. The number of carboxylic acid groups (broad SMARTS) is 1. The van der Waals surface area contributed by atoms with Crippen molar-refractivity contribution in [2.45, 2.75) is 20.3 Å². The summed E-state index contributed by atoms with van der Waals surface area (Å²) in [6.45, 7) is 4.03. The molecule has 2 aromatic heterocycles. The number of carboxylic acids is 1. The van der Waals surface area contributed by atoms with Gasteiger partial charge in [-0.1, -0.05) is 13.8 Å². The SMILES string of the molecule is CC(C)CC(CNC(=O)c1ccc2nncn2c1)C(=O)O. The maximum atomic E-state index is 12.1. The van der Waals surface area contributed by atoms with Gasteiger partial charge < -0.3 is 10.4 Å². The van der Waals surface area contributed by atoms with Crippen molar-refractivity contribution in [3.05, 3.63) is 30.2 Å². The van der Waals surface area contributed by atoms with Gasteiger partial charge in [0.25, 0.3) is 5.91 Å². The van der Waals surface area contributed by atoms with Crippen LogP contribution < -0.4 is 5.32 Å². The number of hydrogen-bond acceptors (Lipinski definition) is 4. The number of carbonyl (C=O) groups is 2. The minimum atomic E-state index is -0.890. The highest BCUT2D eigenvalue weighted by molar-refractivity contribution is 5.94. The number of aromatic nitrogens is 3. The van der Waals surface area contributed by atoms with Crippen LogP contribution in [-0.2, 0) is 4.79 Å². The standard InChI is InChI=1S/C14H18N4O3/c1-9(2)5-11(14(20)21)6-15-13(19)10-3-4-12-17-16-8-18(12)7-10/h3-4,7-9,11H,5-6H2,1-2H3,(H,15,19)(H,20,21). The number of nitrogens with zero attached hydrogens (tertiary/aromatic N) is 3. The third kappa shape index (κ3) is 3.77. The zero-order valence-corrected chi connectivity index (χ0v) is 12.0. The molecular weight excluding hydrogens is 272 g/mol. The van der Waals surface area contributed by atoms with Gasteiger partial charge in [0.05, 0.1) is 11.5 Å². The molecule has 0 aromatic carbocycles. The Morgan fingerprint density at radius 1 is 1.38 bits per heavy atom. The molecule has 2 N–H and O–H groups in total. The van der Waals surface area contributed by atoms with Gasteiger partial charge in [-0.3, -0.25) is 14.0 Å². The minimum Gasteiger partial charge on any atom is -0.481 e. The third-order valence-corrected chi connectivity index (χ3v) is 3.17. The van der Waals surface area contributed by atoms with Crippen molar-refractivity contribution in [1.82, 2.24) is 19.9 Å². The van der Waals surface area contributed by atoms with E-state index in [1.807, 2.05) is 13.8 Å². The van der Waals surface area contributed by atoms with Crippen LogP contribution in [0.2, 0.25) is 0 Å². The van der Waals surface area contributed by atoms with Gasteiger partial charge in [0, 0.05) is 12.7 Å². The molecule has 1 atom stereocenters. The molecule has 0 aliphatic rings. The summed E-state index contributed by atoms with van der Waals surface area (Å²) in [5.41, 5.74) is 1.09. The molecule has 1 amide bonds. The lowest BCUT2D eigenvalue weighted by atomic mass is 9.97. The molecule has 0 radical (unpaired) electrons. The number of aliphatic carboxylic acids is 1. The largest absolute Gasteiger partial charge is 0.481 e. The van der Waals surface area contributed by atoms with Gasteiger partial charge in [0.2, 0.25) is 0 Å². The fourth-order valence-electron chi connectivity index (χ4n) is 2.12. The zero-order valence-electron chi connectivity index (χ0n) is 12.0. The van der Waals surface area contributed by atoms with Crippen LogP contribution in [0.4, 0.5) is 0 Å². The molecule has 7 heteroatoms. The molecule has 0 saturated carbocycles. The van der Waals surface area contributed by atoms with E-state index >= 15 is 0 Å². The van der Waals surface area contributed by atoms with Crippen molar-refractivity contribution in [2.75, 3.05) is 6.54 Å². The van der Waals surface area contributed by atoms with E-state index in [4.69, 9.17) is 5.11 Å². The Bertz CT molecular complexity index is 650. The fraction of sp³-hybridized carbons (Fsp3) is 0.429. The quantitative estimate of drug-likeness (QED) is 0.833. The average molecular weight is 290 g/mol. The Hall–Kier alpha value is -2.44. The topological polar surface area (TPSA) is 96.6 Å². The number of amides is 1. The summed E-state index contributed by atoms with van der Waals surface area (Å²) in [4.78, 5) is 23.2. The van der Waals surface area contributed by atoms with Crippen molar-refractivity contribution in [3.8, 4) is 0 Å². The second kappa shape index (κ2) is 6.34. The molecule has 0 spiro atoms. The first kappa shape index (κ1) is 15.0. The molecule has 2 heterocycles. The molecule has 0 aliphatic carbocycles. The van der Waals surface area contributed by atoms with Gasteiger partial charge in [-0.05, 0) is 24.5 Å². The van der Waals surface area contributed by atoms with E-state index in [0.29, 0.717) is 17.6 Å². The fourth-order valence-corrected chi connectivity index (χ4v) is 2.12. The van der Waals surface area contributed by atoms with Crippen LogP contribution in [0.5, 0.6) is 0 Å². The van der Waals surface area contributed by atoms with E-state index in [9.17, 15) is 9.59 Å². The van der Waals surface area contributed by atoms with E-state index in [1.54, 1.807) is 22.7 Å². The second-order valence-electron chi connectivity index (χ2n) is 5.39. The molecule has 2 rings (SSSR count). The molecule has 1 unspecified atom stereocenters. The molecule has 0 fully saturated rings. The first-order valence-electron chi connectivity index (χ1n) is 6.77. The van der Waals surface area contributed by atoms with Crippen molar-refractivity contribution in [2.24, 2.45) is 11.8 Å². The van der Waals surface area contributed by atoms with Crippen LogP contribution in [0.1, 0.15) is 30.6 Å². The smallest absolute Gasteiger partial charge is 0.308 e. The third-order valence-electron chi connectivity index (χ3n) is 3.17. The Kier molecular flexibility index (Phi) is 4.52. The summed E-state index contributed by atoms with van der Waals surface area (Å²) in [7, 11) is 0. The van der Waals surface area contributed by atoms with Crippen molar-refractivity contribution < 1.29 is 14.7 Å². The number of carbonyl (C=O) groups excluding carboxylic acids is 1. The highest BCUT2D eigenvalue weighted by atomic mass is 16.4. The van der Waals surface area contributed by atoms with E-state index in [2.05, 4.69) is 15.5 Å². The van der Waals surface area contributed by atoms with Crippen LogP contribution in [0, 0.1) is 11.8 Å². The highest BCUT2D eigenvalue weighted by Gasteiger charge is 2.20. The number of rotatable bonds is 6. The summed E-state index contributed by atoms with van der Waals surface area (Å²) in [6, 6.07) is 3.32. The van der Waals surface area contributed by atoms with Gasteiger partial charge in [-0.2, -0.15) is 0 Å². The van der Waals surface area contributed by atoms with E-state index in [0.717, 1.165) is 0 Å². The van der Waals surface area contributed by atoms with Gasteiger partial charge in [-0.15, -0.1) is 10.2 Å². The summed E-state index contributed by atoms with van der Waals surface area (Å²) < 4.78 is 1.64. The monoisotopic (exact) mass is 290 g/mol. The summed E-state index contributed by atoms with van der Waals surface area (Å²) >= 11 is 0. The molecule has 0 aliphatic heterocycles. The van der Waals surface area contributed by atoms with Crippen LogP contribution in [0.3, 0.4) is 0 Å². The second-order valence-corrected chi connectivity index (χ2v) is 5.39. The van der Waals surface area contributed by atoms with E-state index in [-0.39, 0.29) is 18.4 Å². The summed E-state index contributed by atoms with van der Waals surface area (Å²) in [5.74, 6) is -1.51. The van der Waals surface area contributed by atoms with Crippen LogP contribution in [-0.4, -0.2) is 38.1 Å². The molecule has 0 bridgehead atoms. The predicted octanol–water partition coefficient (Wildman–Crippen LogP) is 1.21. The molecule has 112 valence electrons. The van der Waals surface area contributed by atoms with E-state index in [1.165, 1.54) is 6.33 Å². The first-order chi connectivity index (χ1) is 9.97. The van der Waals surface area contributed by atoms with Crippen molar-refractivity contribution >= 4 is 17.5 Å². The number of nitrogens with one attached hydrogen (secondary N) is 1. The molecule has 21 heavy (non-hydrogen) atoms. The van der Waals surface area contributed by atoms with Gasteiger partial charge in [0.15, 0.2) is 5.65 Å². The van der Waals surface area contributed by atoms with Crippen LogP contribution in [0.15, 0.2) is 24.7 Å². The molecule has 7 nitrogen and oxygen atoms in total. The summed E-state index contributed by atoms with van der Waals surface area (Å²) in [6.07, 6.45) is 3.65. The maximum Gasteiger partial charge on any atom is 0.308 e. The zero-order chi connectivity index (χ0) is 15.4. The number of fused-ring (bicyclic) bond motifs is 1. The summed E-state index contributed by atoms with van der Waals surface area (Å²) in [5, 5.41) is 19.4. The maximum absolute atomic E-state index is 12.1. The lowest BCUT2D eigenvalue weighted by molar-refractivity contribution is -0.142. The Morgan fingerprint density at radius 2 is 2.14 bits per heavy atom. The number of pyridine rings is 1. The van der Waals surface area contributed by atoms with Crippen LogP contribution in [0.25, 0.3) is 5.65 Å². The molecular formula is C14H18N4O3. The van der Waals surface area contributed by atoms with E-state index < -0.39 is 11.9 Å². The first-order valence-corrected chi connectivity index (χ1v) is 6.77. The normalized spacial score (nSPS) is 12.5. The Morgan fingerprint density at radius 3 is 2.81 bits per heavy atom. The Balaban J connectivity index is 2.01. The van der Waals surface area contributed by atoms with Gasteiger partial charge >= 0.3 is 5.97 Å². The van der Waals surface area contributed by atoms with Gasteiger partial charge in [0.1, 0.15) is 6.33 Å². The predicted molar refractivity (Wildman–Crippen MR) is 75.9 cm³/mol.